The molecule has 0 spiro atoms. The summed E-state index contributed by atoms with van der Waals surface area (Å²) in [6.07, 6.45) is 4.26. The summed E-state index contributed by atoms with van der Waals surface area (Å²) in [5.74, 6) is 0.00690. The van der Waals surface area contributed by atoms with Gasteiger partial charge in [-0.3, -0.25) is 4.79 Å². The predicted octanol–water partition coefficient (Wildman–Crippen LogP) is 2.49. The molecule has 0 unspecified atom stereocenters. The van der Waals surface area contributed by atoms with Gasteiger partial charge in [0.1, 0.15) is 5.41 Å². The molecule has 1 aliphatic rings. The minimum absolute atomic E-state index is 0.00690. The Hall–Kier alpha value is -1.30. The van der Waals surface area contributed by atoms with E-state index in [2.05, 4.69) is 12.1 Å². The van der Waals surface area contributed by atoms with Gasteiger partial charge in [-0.05, 0) is 26.2 Å². The van der Waals surface area contributed by atoms with Gasteiger partial charge in [0.15, 0.2) is 0 Å². The van der Waals surface area contributed by atoms with Crippen LogP contribution in [-0.2, 0) is 4.79 Å². The number of amides is 1. The molecule has 0 saturated carbocycles. The van der Waals surface area contributed by atoms with E-state index in [0.717, 1.165) is 13.0 Å². The molecular weight excluding hydrogens is 200 g/mol. The molecule has 1 amide bonds. The number of carbonyl (C=O) groups is 1. The third-order valence-electron chi connectivity index (χ3n) is 3.45. The van der Waals surface area contributed by atoms with Crippen LogP contribution in [0.25, 0.3) is 0 Å². The summed E-state index contributed by atoms with van der Waals surface area (Å²) in [4.78, 5) is 14.2. The van der Waals surface area contributed by atoms with Gasteiger partial charge in [0, 0.05) is 13.1 Å². The Kier molecular flexibility index (Phi) is 4.12. The second-order valence-electron chi connectivity index (χ2n) is 4.47. The van der Waals surface area contributed by atoms with Gasteiger partial charge in [-0.1, -0.05) is 25.5 Å². The van der Waals surface area contributed by atoms with Gasteiger partial charge in [-0.25, -0.2) is 0 Å². The molecule has 0 saturated heterocycles. The highest BCUT2D eigenvalue weighted by Gasteiger charge is 2.38. The summed E-state index contributed by atoms with van der Waals surface area (Å²) in [5, 5.41) is 9.23. The third-order valence-corrected chi connectivity index (χ3v) is 3.45. The van der Waals surface area contributed by atoms with Crippen LogP contribution >= 0.6 is 0 Å². The van der Waals surface area contributed by atoms with E-state index in [1.807, 2.05) is 25.7 Å². The van der Waals surface area contributed by atoms with Crippen LogP contribution in [0.15, 0.2) is 11.6 Å². The monoisotopic (exact) mass is 220 g/mol. The first-order valence-corrected chi connectivity index (χ1v) is 5.96. The molecule has 0 atom stereocenters. The average molecular weight is 220 g/mol. The van der Waals surface area contributed by atoms with Gasteiger partial charge in [0.25, 0.3) is 0 Å². The van der Waals surface area contributed by atoms with Crippen molar-refractivity contribution in [1.82, 2.24) is 4.90 Å². The van der Waals surface area contributed by atoms with Gasteiger partial charge < -0.3 is 4.90 Å². The highest BCUT2D eigenvalue weighted by atomic mass is 16.2. The molecule has 1 rings (SSSR count). The maximum atomic E-state index is 12.3. The van der Waals surface area contributed by atoms with E-state index >= 15 is 0 Å². The summed E-state index contributed by atoms with van der Waals surface area (Å²) in [5.41, 5.74) is 0.413. The lowest BCUT2D eigenvalue weighted by Gasteiger charge is -2.33. The Morgan fingerprint density at radius 2 is 2.19 bits per heavy atom. The molecule has 0 aromatic rings. The fourth-order valence-corrected chi connectivity index (χ4v) is 2.15. The molecule has 1 heterocycles. The molecular formula is C13H20N2O. The lowest BCUT2D eigenvalue weighted by molar-refractivity contribution is -0.139. The fraction of sp³-hybridized carbons (Fsp3) is 0.692. The topological polar surface area (TPSA) is 44.1 Å². The molecule has 0 N–H and O–H groups in total. The molecule has 1 aliphatic heterocycles. The summed E-state index contributed by atoms with van der Waals surface area (Å²) in [7, 11) is 0. The number of carbonyl (C=O) groups excluding carboxylic acids is 1. The number of nitriles is 1. The second kappa shape index (κ2) is 5.16. The van der Waals surface area contributed by atoms with E-state index in [-0.39, 0.29) is 5.91 Å². The van der Waals surface area contributed by atoms with Crippen LogP contribution in [-0.4, -0.2) is 23.9 Å². The molecule has 0 aromatic heterocycles. The van der Waals surface area contributed by atoms with Crippen LogP contribution in [0.4, 0.5) is 0 Å². The minimum atomic E-state index is -0.808. The largest absolute Gasteiger partial charge is 0.337 e. The van der Waals surface area contributed by atoms with Gasteiger partial charge >= 0.3 is 0 Å². The Balaban J connectivity index is 2.85. The van der Waals surface area contributed by atoms with Crippen molar-refractivity contribution in [1.29, 1.82) is 5.26 Å². The maximum absolute atomic E-state index is 12.3. The summed E-state index contributed by atoms with van der Waals surface area (Å²) in [6, 6.07) is 2.22. The van der Waals surface area contributed by atoms with Gasteiger partial charge in [-0.15, -0.1) is 0 Å². The van der Waals surface area contributed by atoms with Gasteiger partial charge in [-0.2, -0.15) is 5.26 Å². The predicted molar refractivity (Wildman–Crippen MR) is 63.6 cm³/mol. The SMILES string of the molecule is CCC(C#N)(CC)C(=O)N1CCC=C(C)C1. The van der Waals surface area contributed by atoms with Crippen LogP contribution in [0.1, 0.15) is 40.0 Å². The number of rotatable bonds is 3. The molecule has 0 bridgehead atoms. The van der Waals surface area contributed by atoms with E-state index in [0.29, 0.717) is 19.4 Å². The van der Waals surface area contributed by atoms with Crippen molar-refractivity contribution in [2.75, 3.05) is 13.1 Å². The Labute approximate surface area is 97.7 Å². The molecule has 3 heteroatoms. The first kappa shape index (κ1) is 12.8. The minimum Gasteiger partial charge on any atom is -0.337 e. The highest BCUT2D eigenvalue weighted by molar-refractivity contribution is 5.85. The average Bonchev–Trinajstić information content (AvgIpc) is 2.32. The van der Waals surface area contributed by atoms with Crippen molar-refractivity contribution < 1.29 is 4.79 Å². The zero-order chi connectivity index (χ0) is 12.2. The van der Waals surface area contributed by atoms with E-state index in [1.54, 1.807) is 0 Å². The first-order valence-electron chi connectivity index (χ1n) is 5.96. The quantitative estimate of drug-likeness (QED) is 0.686. The Morgan fingerprint density at radius 1 is 1.56 bits per heavy atom. The first-order chi connectivity index (χ1) is 7.59. The summed E-state index contributed by atoms with van der Waals surface area (Å²) in [6.45, 7) is 7.29. The number of hydrogen-bond donors (Lipinski definition) is 0. The molecule has 0 aromatic carbocycles. The van der Waals surface area contributed by atoms with Crippen LogP contribution in [0.5, 0.6) is 0 Å². The van der Waals surface area contributed by atoms with E-state index < -0.39 is 5.41 Å². The van der Waals surface area contributed by atoms with Gasteiger partial charge in [0.2, 0.25) is 5.91 Å². The highest BCUT2D eigenvalue weighted by Crippen LogP contribution is 2.29. The van der Waals surface area contributed by atoms with Crippen molar-refractivity contribution in [3.05, 3.63) is 11.6 Å². The molecule has 0 radical (unpaired) electrons. The molecule has 16 heavy (non-hydrogen) atoms. The molecule has 0 fully saturated rings. The normalized spacial score (nSPS) is 16.6. The van der Waals surface area contributed by atoms with E-state index in [1.165, 1.54) is 5.57 Å². The zero-order valence-electron chi connectivity index (χ0n) is 10.4. The molecule has 0 aliphatic carbocycles. The van der Waals surface area contributed by atoms with Crippen molar-refractivity contribution in [2.24, 2.45) is 5.41 Å². The summed E-state index contributed by atoms with van der Waals surface area (Å²) >= 11 is 0. The van der Waals surface area contributed by atoms with Crippen LogP contribution in [0, 0.1) is 16.7 Å². The van der Waals surface area contributed by atoms with Crippen LogP contribution in [0.3, 0.4) is 0 Å². The Morgan fingerprint density at radius 3 is 2.62 bits per heavy atom. The smallest absolute Gasteiger partial charge is 0.243 e. The Bertz CT molecular complexity index is 334. The van der Waals surface area contributed by atoms with Crippen LogP contribution in [0.2, 0.25) is 0 Å². The van der Waals surface area contributed by atoms with Gasteiger partial charge in [0.05, 0.1) is 6.07 Å². The van der Waals surface area contributed by atoms with Crippen LogP contribution < -0.4 is 0 Å². The summed E-state index contributed by atoms with van der Waals surface area (Å²) < 4.78 is 0. The third kappa shape index (κ3) is 2.27. The van der Waals surface area contributed by atoms with Crippen molar-refractivity contribution in [3.63, 3.8) is 0 Å². The lowest BCUT2D eigenvalue weighted by atomic mass is 9.82. The standard InChI is InChI=1S/C13H20N2O/c1-4-13(5-2,10-14)12(16)15-8-6-7-11(3)9-15/h7H,4-6,8-9H2,1-3H3. The lowest BCUT2D eigenvalue weighted by Crippen LogP contribution is -2.45. The van der Waals surface area contributed by atoms with E-state index in [4.69, 9.17) is 0 Å². The molecule has 3 nitrogen and oxygen atoms in total. The molecule has 88 valence electrons. The zero-order valence-corrected chi connectivity index (χ0v) is 10.4. The maximum Gasteiger partial charge on any atom is 0.243 e. The van der Waals surface area contributed by atoms with Crippen molar-refractivity contribution in [2.45, 2.75) is 40.0 Å². The van der Waals surface area contributed by atoms with Crippen molar-refractivity contribution >= 4 is 5.91 Å². The number of hydrogen-bond acceptors (Lipinski definition) is 2. The van der Waals surface area contributed by atoms with E-state index in [9.17, 15) is 10.1 Å². The fourth-order valence-electron chi connectivity index (χ4n) is 2.15. The second-order valence-corrected chi connectivity index (χ2v) is 4.47. The van der Waals surface area contributed by atoms with Crippen molar-refractivity contribution in [3.8, 4) is 6.07 Å². The number of nitrogens with zero attached hydrogens (tertiary/aromatic N) is 2.